The first-order valence-corrected chi connectivity index (χ1v) is 10.8. The van der Waals surface area contributed by atoms with Crippen LogP contribution in [0.2, 0.25) is 0 Å². The number of halogens is 1. The van der Waals surface area contributed by atoms with Gasteiger partial charge in [-0.25, -0.2) is 12.8 Å². The summed E-state index contributed by atoms with van der Waals surface area (Å²) in [5.74, 6) is -0.302. The van der Waals surface area contributed by atoms with Gasteiger partial charge >= 0.3 is 0 Å². The molecule has 0 aliphatic carbocycles. The van der Waals surface area contributed by atoms with Crippen LogP contribution in [0.4, 0.5) is 10.3 Å². The van der Waals surface area contributed by atoms with E-state index in [0.717, 1.165) is 17.7 Å². The average Bonchev–Trinajstić information content (AvgIpc) is 3.20. The molecule has 1 N–H and O–H groups in total. The lowest BCUT2D eigenvalue weighted by molar-refractivity contribution is 0.570. The van der Waals surface area contributed by atoms with Gasteiger partial charge in [0.25, 0.3) is 0 Å². The molecule has 0 spiro atoms. The first-order chi connectivity index (χ1) is 14.4. The molecule has 7 heteroatoms. The molecular formula is C23H19FN2O3S. The number of oxazole rings is 1. The summed E-state index contributed by atoms with van der Waals surface area (Å²) in [5, 5.41) is 2.88. The molecule has 0 saturated carbocycles. The predicted octanol–water partition coefficient (Wildman–Crippen LogP) is 5.49. The largest absolute Gasteiger partial charge is 0.419 e. The zero-order chi connectivity index (χ0) is 21.1. The standard InChI is InChI=1S/C23H19FN2O3S/c1-16(17-8-4-2-5-9-17)25-22-23(26-21(29-22)18-10-6-3-7-11-18)30(27,28)20-14-12-19(24)13-15-20/h2-16,25H,1H3. The van der Waals surface area contributed by atoms with Gasteiger partial charge in [-0.15, -0.1) is 0 Å². The van der Waals surface area contributed by atoms with Gasteiger partial charge in [0.15, 0.2) is 0 Å². The van der Waals surface area contributed by atoms with E-state index in [1.54, 1.807) is 12.1 Å². The molecular weight excluding hydrogens is 403 g/mol. The van der Waals surface area contributed by atoms with E-state index in [-0.39, 0.29) is 27.7 Å². The monoisotopic (exact) mass is 422 g/mol. The molecule has 1 aromatic heterocycles. The zero-order valence-electron chi connectivity index (χ0n) is 16.1. The maximum Gasteiger partial charge on any atom is 0.234 e. The van der Waals surface area contributed by atoms with E-state index in [2.05, 4.69) is 10.3 Å². The summed E-state index contributed by atoms with van der Waals surface area (Å²) in [4.78, 5) is 4.22. The van der Waals surface area contributed by atoms with Gasteiger partial charge in [0.1, 0.15) is 5.82 Å². The molecule has 152 valence electrons. The smallest absolute Gasteiger partial charge is 0.234 e. The molecule has 4 aromatic rings. The maximum atomic E-state index is 13.3. The van der Waals surface area contributed by atoms with E-state index in [1.807, 2.05) is 55.5 Å². The number of sulfone groups is 1. The Morgan fingerprint density at radius 3 is 2.13 bits per heavy atom. The molecule has 5 nitrogen and oxygen atoms in total. The minimum atomic E-state index is -4.04. The second kappa shape index (κ2) is 8.12. The minimum Gasteiger partial charge on any atom is -0.419 e. The lowest BCUT2D eigenvalue weighted by Crippen LogP contribution is -2.10. The second-order valence-corrected chi connectivity index (χ2v) is 8.62. The summed E-state index contributed by atoms with van der Waals surface area (Å²) in [7, 11) is -4.04. The number of anilines is 1. The molecule has 0 aliphatic heterocycles. The van der Waals surface area contributed by atoms with Gasteiger partial charge in [-0.3, -0.25) is 0 Å². The summed E-state index contributed by atoms with van der Waals surface area (Å²) < 4.78 is 45.6. The first-order valence-electron chi connectivity index (χ1n) is 9.33. The molecule has 0 amide bonds. The Morgan fingerprint density at radius 2 is 1.50 bits per heavy atom. The van der Waals surface area contributed by atoms with Crippen LogP contribution in [0.25, 0.3) is 11.5 Å². The van der Waals surface area contributed by atoms with E-state index >= 15 is 0 Å². The highest BCUT2D eigenvalue weighted by atomic mass is 32.2. The van der Waals surface area contributed by atoms with E-state index in [0.29, 0.717) is 5.56 Å². The topological polar surface area (TPSA) is 72.2 Å². The van der Waals surface area contributed by atoms with E-state index in [4.69, 9.17) is 4.42 Å². The van der Waals surface area contributed by atoms with Crippen molar-refractivity contribution in [2.75, 3.05) is 5.32 Å². The zero-order valence-corrected chi connectivity index (χ0v) is 16.9. The number of nitrogens with zero attached hydrogens (tertiary/aromatic N) is 1. The van der Waals surface area contributed by atoms with E-state index in [1.165, 1.54) is 12.1 Å². The lowest BCUT2D eigenvalue weighted by Gasteiger charge is -2.14. The third-order valence-corrected chi connectivity index (χ3v) is 6.32. The molecule has 0 radical (unpaired) electrons. The molecule has 3 aromatic carbocycles. The Bertz CT molecular complexity index is 1240. The Kier molecular flexibility index (Phi) is 5.37. The minimum absolute atomic E-state index is 0.0366. The van der Waals surface area contributed by atoms with Crippen molar-refractivity contribution in [3.63, 3.8) is 0 Å². The van der Waals surface area contributed by atoms with Crippen molar-refractivity contribution in [2.45, 2.75) is 22.9 Å². The number of benzene rings is 3. The maximum absolute atomic E-state index is 13.3. The highest BCUT2D eigenvalue weighted by Gasteiger charge is 2.29. The summed E-state index contributed by atoms with van der Waals surface area (Å²) >= 11 is 0. The quantitative estimate of drug-likeness (QED) is 0.416. The molecule has 4 rings (SSSR count). The van der Waals surface area contributed by atoms with Crippen molar-refractivity contribution in [2.24, 2.45) is 0 Å². The van der Waals surface area contributed by atoms with Gasteiger partial charge in [-0.1, -0.05) is 48.5 Å². The van der Waals surface area contributed by atoms with Crippen molar-refractivity contribution in [3.05, 3.63) is 96.3 Å². The first kappa shape index (κ1) is 19.8. The molecule has 0 fully saturated rings. The van der Waals surface area contributed by atoms with Crippen molar-refractivity contribution in [3.8, 4) is 11.5 Å². The molecule has 1 unspecified atom stereocenters. The second-order valence-electron chi connectivity index (χ2n) is 6.75. The fourth-order valence-electron chi connectivity index (χ4n) is 3.03. The van der Waals surface area contributed by atoms with Crippen LogP contribution in [0.3, 0.4) is 0 Å². The molecule has 0 saturated heterocycles. The summed E-state index contributed by atoms with van der Waals surface area (Å²) in [6, 6.07) is 23.0. The van der Waals surface area contributed by atoms with Crippen LogP contribution in [-0.4, -0.2) is 13.4 Å². The van der Waals surface area contributed by atoms with Crippen molar-refractivity contribution >= 4 is 15.7 Å². The third kappa shape index (κ3) is 3.97. The van der Waals surface area contributed by atoms with Crippen molar-refractivity contribution in [1.29, 1.82) is 0 Å². The molecule has 0 aliphatic rings. The van der Waals surface area contributed by atoms with Gasteiger partial charge in [-0.2, -0.15) is 4.98 Å². The third-order valence-electron chi connectivity index (χ3n) is 4.64. The van der Waals surface area contributed by atoms with Gasteiger partial charge in [0.05, 0.1) is 10.9 Å². The number of nitrogens with one attached hydrogen (secondary N) is 1. The Hall–Kier alpha value is -3.45. The molecule has 0 bridgehead atoms. The van der Waals surface area contributed by atoms with Crippen LogP contribution >= 0.6 is 0 Å². The van der Waals surface area contributed by atoms with E-state index < -0.39 is 15.7 Å². The Morgan fingerprint density at radius 1 is 0.900 bits per heavy atom. The van der Waals surface area contributed by atoms with Crippen molar-refractivity contribution in [1.82, 2.24) is 4.98 Å². The molecule has 30 heavy (non-hydrogen) atoms. The summed E-state index contributed by atoms with van der Waals surface area (Å²) in [6.07, 6.45) is 0. The lowest BCUT2D eigenvalue weighted by atomic mass is 10.1. The van der Waals surface area contributed by atoms with Crippen LogP contribution in [0.5, 0.6) is 0 Å². The average molecular weight is 422 g/mol. The summed E-state index contributed by atoms with van der Waals surface area (Å²) in [5.41, 5.74) is 1.61. The van der Waals surface area contributed by atoms with Crippen LogP contribution in [-0.2, 0) is 9.84 Å². The summed E-state index contributed by atoms with van der Waals surface area (Å²) in [6.45, 7) is 1.90. The van der Waals surface area contributed by atoms with Crippen LogP contribution in [0.1, 0.15) is 18.5 Å². The number of hydrogen-bond acceptors (Lipinski definition) is 5. The number of rotatable bonds is 6. The number of hydrogen-bond donors (Lipinski definition) is 1. The van der Waals surface area contributed by atoms with Crippen molar-refractivity contribution < 1.29 is 17.2 Å². The van der Waals surface area contributed by atoms with E-state index in [9.17, 15) is 12.8 Å². The van der Waals surface area contributed by atoms with Gasteiger partial charge in [0, 0.05) is 5.56 Å². The molecule has 1 atom stereocenters. The number of aromatic nitrogens is 1. The highest BCUT2D eigenvalue weighted by Crippen LogP contribution is 2.34. The Labute approximate surface area is 174 Å². The Balaban J connectivity index is 1.79. The van der Waals surface area contributed by atoms with Crippen LogP contribution < -0.4 is 5.32 Å². The molecule has 1 heterocycles. The van der Waals surface area contributed by atoms with Crippen LogP contribution in [0, 0.1) is 5.82 Å². The SMILES string of the molecule is CC(Nc1oc(-c2ccccc2)nc1S(=O)(=O)c1ccc(F)cc1)c1ccccc1. The van der Waals surface area contributed by atoms with Gasteiger partial charge in [0.2, 0.25) is 26.6 Å². The van der Waals surface area contributed by atoms with Crippen LogP contribution in [0.15, 0.2) is 99.3 Å². The predicted molar refractivity (Wildman–Crippen MR) is 112 cm³/mol. The fraction of sp³-hybridized carbons (Fsp3) is 0.0870. The normalized spacial score (nSPS) is 12.5. The highest BCUT2D eigenvalue weighted by molar-refractivity contribution is 7.91. The van der Waals surface area contributed by atoms with Gasteiger partial charge in [-0.05, 0) is 48.9 Å². The fourth-order valence-corrected chi connectivity index (χ4v) is 4.30. The van der Waals surface area contributed by atoms with Gasteiger partial charge < -0.3 is 9.73 Å².